The largest absolute Gasteiger partial charge is 0.478 e. The number of benzene rings is 1. The number of nitrogens with zero attached hydrogens (tertiary/aromatic N) is 1. The van der Waals surface area contributed by atoms with E-state index >= 15 is 0 Å². The second kappa shape index (κ2) is 5.21. The average Bonchev–Trinajstić information content (AvgIpc) is 2.67. The lowest BCUT2D eigenvalue weighted by atomic mass is 10.1. The summed E-state index contributed by atoms with van der Waals surface area (Å²) in [6, 6.07) is 4.06. The normalized spacial score (nSPS) is 16.9. The number of oxime groups is 1. The van der Waals surface area contributed by atoms with E-state index in [2.05, 4.69) is 5.16 Å². The van der Waals surface area contributed by atoms with Crippen LogP contribution in [0.1, 0.15) is 36.2 Å². The Balaban J connectivity index is 2.10. The van der Waals surface area contributed by atoms with Gasteiger partial charge in [-0.1, -0.05) is 11.2 Å². The number of carboxylic acids is 1. The van der Waals surface area contributed by atoms with Gasteiger partial charge in [0.25, 0.3) is 0 Å². The zero-order valence-electron chi connectivity index (χ0n) is 10.6. The Labute approximate surface area is 114 Å². The lowest BCUT2D eigenvalue weighted by molar-refractivity contribution is 0.0123. The molecule has 0 bridgehead atoms. The maximum absolute atomic E-state index is 13.7. The summed E-state index contributed by atoms with van der Waals surface area (Å²) in [5.74, 6) is -1.40. The minimum absolute atomic E-state index is 0.00808. The molecule has 6 heteroatoms. The van der Waals surface area contributed by atoms with Crippen molar-refractivity contribution in [3.8, 4) is 0 Å². The summed E-state index contributed by atoms with van der Waals surface area (Å²) in [7, 11) is 0. The van der Waals surface area contributed by atoms with Gasteiger partial charge in [-0.05, 0) is 26.0 Å². The van der Waals surface area contributed by atoms with Crippen LogP contribution < -0.4 is 0 Å². The molecule has 0 aliphatic carbocycles. The molecule has 2 rings (SSSR count). The van der Waals surface area contributed by atoms with Crippen LogP contribution in [0.5, 0.6) is 0 Å². The molecule has 0 radical (unpaired) electrons. The Hall–Kier alpha value is -1.56. The summed E-state index contributed by atoms with van der Waals surface area (Å²) in [5, 5.41) is 13.7. The highest BCUT2D eigenvalue weighted by Gasteiger charge is 2.29. The lowest BCUT2D eigenvalue weighted by Gasteiger charge is -2.13. The summed E-state index contributed by atoms with van der Waals surface area (Å²) in [6.07, 6.45) is 0.647. The molecule has 0 amide bonds. The van der Waals surface area contributed by atoms with Crippen molar-refractivity contribution >= 4 is 22.8 Å². The third-order valence-corrected chi connectivity index (χ3v) is 3.69. The fourth-order valence-electron chi connectivity index (χ4n) is 1.74. The van der Waals surface area contributed by atoms with E-state index in [1.54, 1.807) is 0 Å². The van der Waals surface area contributed by atoms with E-state index in [1.807, 2.05) is 13.8 Å². The van der Waals surface area contributed by atoms with Crippen LogP contribution in [0.4, 0.5) is 4.39 Å². The first-order chi connectivity index (χ1) is 8.89. The quantitative estimate of drug-likeness (QED) is 0.925. The first kappa shape index (κ1) is 13.9. The van der Waals surface area contributed by atoms with Crippen molar-refractivity contribution in [3.63, 3.8) is 0 Å². The standard InChI is InChI=1S/C13H14FNO3S/c1-13(2)6-11(15-18-13)19-7-9-8(12(16)17)4-3-5-10(9)14/h3-5H,6-7H2,1-2H3,(H,16,17). The van der Waals surface area contributed by atoms with Crippen molar-refractivity contribution in [3.05, 3.63) is 35.1 Å². The minimum Gasteiger partial charge on any atom is -0.478 e. The molecule has 0 saturated heterocycles. The molecular formula is C13H14FNO3S. The van der Waals surface area contributed by atoms with Crippen LogP contribution >= 0.6 is 11.8 Å². The molecule has 0 spiro atoms. The van der Waals surface area contributed by atoms with Gasteiger partial charge in [-0.25, -0.2) is 9.18 Å². The molecule has 1 aliphatic heterocycles. The maximum atomic E-state index is 13.7. The van der Waals surface area contributed by atoms with Crippen molar-refractivity contribution in [1.82, 2.24) is 0 Å². The van der Waals surface area contributed by atoms with Crippen molar-refractivity contribution in [1.29, 1.82) is 0 Å². The van der Waals surface area contributed by atoms with Crippen LogP contribution in [0.2, 0.25) is 0 Å². The molecule has 0 saturated carbocycles. The van der Waals surface area contributed by atoms with Gasteiger partial charge in [-0.3, -0.25) is 0 Å². The lowest BCUT2D eigenvalue weighted by Crippen LogP contribution is -2.18. The number of halogens is 1. The van der Waals surface area contributed by atoms with Crippen molar-refractivity contribution in [2.24, 2.45) is 5.16 Å². The zero-order valence-corrected chi connectivity index (χ0v) is 11.5. The summed E-state index contributed by atoms with van der Waals surface area (Å²) < 4.78 is 13.7. The maximum Gasteiger partial charge on any atom is 0.336 e. The van der Waals surface area contributed by atoms with E-state index in [4.69, 9.17) is 9.94 Å². The van der Waals surface area contributed by atoms with E-state index in [0.29, 0.717) is 6.42 Å². The van der Waals surface area contributed by atoms with Gasteiger partial charge in [0.2, 0.25) is 0 Å². The Morgan fingerprint density at radius 2 is 2.32 bits per heavy atom. The molecule has 0 aromatic heterocycles. The molecule has 102 valence electrons. The highest BCUT2D eigenvalue weighted by Crippen LogP contribution is 2.30. The van der Waals surface area contributed by atoms with E-state index in [-0.39, 0.29) is 22.5 Å². The second-order valence-corrected chi connectivity index (χ2v) is 5.92. The van der Waals surface area contributed by atoms with Crippen LogP contribution in [-0.2, 0) is 10.6 Å². The van der Waals surface area contributed by atoms with Gasteiger partial charge in [0.05, 0.1) is 5.56 Å². The van der Waals surface area contributed by atoms with Crippen LogP contribution in [0, 0.1) is 5.82 Å². The molecule has 0 fully saturated rings. The monoisotopic (exact) mass is 283 g/mol. The number of rotatable bonds is 3. The van der Waals surface area contributed by atoms with Gasteiger partial charge >= 0.3 is 5.97 Å². The van der Waals surface area contributed by atoms with Gasteiger partial charge in [0.15, 0.2) is 0 Å². The number of aromatic carboxylic acids is 1. The summed E-state index contributed by atoms with van der Waals surface area (Å²) >= 11 is 1.31. The average molecular weight is 283 g/mol. The van der Waals surface area contributed by atoms with E-state index in [0.717, 1.165) is 5.04 Å². The zero-order chi connectivity index (χ0) is 14.0. The topological polar surface area (TPSA) is 58.9 Å². The van der Waals surface area contributed by atoms with E-state index < -0.39 is 11.8 Å². The molecule has 4 nitrogen and oxygen atoms in total. The highest BCUT2D eigenvalue weighted by molar-refractivity contribution is 8.13. The highest BCUT2D eigenvalue weighted by atomic mass is 32.2. The first-order valence-electron chi connectivity index (χ1n) is 5.77. The Kier molecular flexibility index (Phi) is 3.80. The molecule has 1 heterocycles. The van der Waals surface area contributed by atoms with Crippen molar-refractivity contribution in [2.45, 2.75) is 31.6 Å². The molecule has 1 aromatic carbocycles. The number of thioether (sulfide) groups is 1. The van der Waals surface area contributed by atoms with Crippen LogP contribution in [0.15, 0.2) is 23.4 Å². The molecule has 1 N–H and O–H groups in total. The minimum atomic E-state index is -1.12. The summed E-state index contributed by atoms with van der Waals surface area (Å²) in [5.41, 5.74) is -0.161. The van der Waals surface area contributed by atoms with E-state index in [9.17, 15) is 9.18 Å². The Morgan fingerprint density at radius 1 is 1.58 bits per heavy atom. The van der Waals surface area contributed by atoms with Gasteiger partial charge in [-0.15, -0.1) is 11.8 Å². The number of hydrogen-bond donors (Lipinski definition) is 1. The molecule has 1 aliphatic rings. The number of carboxylic acid groups (broad SMARTS) is 1. The van der Waals surface area contributed by atoms with Gasteiger partial charge < -0.3 is 9.94 Å². The van der Waals surface area contributed by atoms with Crippen LogP contribution in [0.3, 0.4) is 0 Å². The Bertz CT molecular complexity index is 543. The number of hydrogen-bond acceptors (Lipinski definition) is 4. The molecule has 19 heavy (non-hydrogen) atoms. The third kappa shape index (κ3) is 3.26. The van der Waals surface area contributed by atoms with E-state index in [1.165, 1.54) is 30.0 Å². The molecule has 1 aromatic rings. The van der Waals surface area contributed by atoms with Crippen molar-refractivity contribution in [2.75, 3.05) is 0 Å². The van der Waals surface area contributed by atoms with Gasteiger partial charge in [-0.2, -0.15) is 0 Å². The van der Waals surface area contributed by atoms with Gasteiger partial charge in [0, 0.05) is 17.7 Å². The van der Waals surface area contributed by atoms with Crippen LogP contribution in [-0.4, -0.2) is 21.7 Å². The molecule has 0 atom stereocenters. The predicted molar refractivity (Wildman–Crippen MR) is 71.9 cm³/mol. The fourth-order valence-corrected chi connectivity index (χ4v) is 2.89. The molecule has 0 unspecified atom stereocenters. The van der Waals surface area contributed by atoms with Crippen LogP contribution in [0.25, 0.3) is 0 Å². The van der Waals surface area contributed by atoms with Gasteiger partial charge in [0.1, 0.15) is 16.5 Å². The smallest absolute Gasteiger partial charge is 0.336 e. The third-order valence-electron chi connectivity index (χ3n) is 2.70. The SMILES string of the molecule is CC1(C)CC(SCc2c(F)cccc2C(=O)O)=NO1. The summed E-state index contributed by atoms with van der Waals surface area (Å²) in [4.78, 5) is 16.2. The number of carbonyl (C=O) groups is 1. The van der Waals surface area contributed by atoms with Crippen molar-refractivity contribution < 1.29 is 19.1 Å². The predicted octanol–water partition coefficient (Wildman–Crippen LogP) is 3.27. The first-order valence-corrected chi connectivity index (χ1v) is 6.76. The fraction of sp³-hybridized carbons (Fsp3) is 0.385. The molecular weight excluding hydrogens is 269 g/mol. The second-order valence-electron chi connectivity index (χ2n) is 4.87. The summed E-state index contributed by atoms with van der Waals surface area (Å²) in [6.45, 7) is 3.83. The Morgan fingerprint density at radius 3 is 2.89 bits per heavy atom.